The molecule has 1 aliphatic heterocycles. The van der Waals surface area contributed by atoms with Crippen LogP contribution in [0.4, 0.5) is 0 Å². The largest absolute Gasteiger partial charge is 0.275 e. The van der Waals surface area contributed by atoms with Crippen LogP contribution in [0, 0.1) is 0 Å². The molecule has 5 nitrogen and oxygen atoms in total. The molecular weight excluding hydrogens is 356 g/mol. The molecule has 27 heavy (non-hydrogen) atoms. The molecule has 1 saturated heterocycles. The van der Waals surface area contributed by atoms with Crippen molar-refractivity contribution >= 4 is 32.3 Å². The summed E-state index contributed by atoms with van der Waals surface area (Å²) in [7, 11) is 0. The summed E-state index contributed by atoms with van der Waals surface area (Å²) in [5.41, 5.74) is 1.03. The summed E-state index contributed by atoms with van der Waals surface area (Å²) in [6.45, 7) is 1.46. The number of para-hydroxylation sites is 1. The lowest BCUT2D eigenvalue weighted by Gasteiger charge is -2.34. The van der Waals surface area contributed by atoms with Crippen LogP contribution in [0.5, 0.6) is 0 Å². The second-order valence-corrected chi connectivity index (χ2v) is 8.08. The quantitative estimate of drug-likeness (QED) is 0.538. The van der Waals surface area contributed by atoms with E-state index in [2.05, 4.69) is 28.2 Å². The van der Waals surface area contributed by atoms with Gasteiger partial charge in [-0.2, -0.15) is 5.10 Å². The van der Waals surface area contributed by atoms with Crippen molar-refractivity contribution in [1.82, 2.24) is 19.7 Å². The minimum Gasteiger partial charge on any atom is -0.275 e. The average Bonchev–Trinajstić information content (AvgIpc) is 3.15. The van der Waals surface area contributed by atoms with Gasteiger partial charge in [-0.3, -0.25) is 9.69 Å². The van der Waals surface area contributed by atoms with Crippen molar-refractivity contribution in [2.24, 2.45) is 0 Å². The minimum atomic E-state index is -0.0262. The van der Waals surface area contributed by atoms with Crippen LogP contribution in [0.2, 0.25) is 0 Å². The molecule has 0 bridgehead atoms. The summed E-state index contributed by atoms with van der Waals surface area (Å²) in [5, 5.41) is 7.17. The van der Waals surface area contributed by atoms with E-state index in [4.69, 9.17) is 4.98 Å². The van der Waals surface area contributed by atoms with E-state index < -0.39 is 0 Å². The smallest absolute Gasteiger partial charge is 0.275 e. The molecule has 4 aromatic rings. The molecule has 0 saturated carbocycles. The average molecular weight is 376 g/mol. The van der Waals surface area contributed by atoms with Crippen LogP contribution < -0.4 is 5.56 Å². The Morgan fingerprint density at radius 1 is 1.07 bits per heavy atom. The third-order valence-electron chi connectivity index (χ3n) is 5.29. The Bertz CT molecular complexity index is 1130. The van der Waals surface area contributed by atoms with E-state index in [1.165, 1.54) is 11.1 Å². The molecule has 0 aliphatic carbocycles. The van der Waals surface area contributed by atoms with E-state index in [1.54, 1.807) is 22.2 Å². The second-order valence-electron chi connectivity index (χ2n) is 7.02. The van der Waals surface area contributed by atoms with Crippen LogP contribution in [0.15, 0.2) is 59.5 Å². The number of rotatable bonds is 3. The normalized spacial score (nSPS) is 18.3. The van der Waals surface area contributed by atoms with Gasteiger partial charge in [0.25, 0.3) is 5.56 Å². The van der Waals surface area contributed by atoms with E-state index >= 15 is 0 Å². The first-order valence-corrected chi connectivity index (χ1v) is 10.2. The molecule has 6 heteroatoms. The van der Waals surface area contributed by atoms with Gasteiger partial charge in [0.05, 0.1) is 34.5 Å². The van der Waals surface area contributed by atoms with Crippen LogP contribution >= 0.6 is 11.3 Å². The van der Waals surface area contributed by atoms with Crippen molar-refractivity contribution in [2.45, 2.75) is 32.0 Å². The summed E-state index contributed by atoms with van der Waals surface area (Å²) in [4.78, 5) is 20.1. The topological polar surface area (TPSA) is 51.0 Å². The highest BCUT2D eigenvalue weighted by Crippen LogP contribution is 2.35. The number of benzene rings is 2. The molecule has 0 spiro atoms. The summed E-state index contributed by atoms with van der Waals surface area (Å²) >= 11 is 1.76. The Labute approximate surface area is 160 Å². The number of fused-ring (bicyclic) bond motifs is 2. The van der Waals surface area contributed by atoms with Crippen molar-refractivity contribution in [3.05, 3.63) is 70.1 Å². The molecular formula is C21H20N4OS. The fourth-order valence-electron chi connectivity index (χ4n) is 3.87. The van der Waals surface area contributed by atoms with E-state index in [-0.39, 0.29) is 11.6 Å². The lowest BCUT2D eigenvalue weighted by atomic mass is 10.0. The Balaban J connectivity index is 1.49. The zero-order valence-corrected chi connectivity index (χ0v) is 15.7. The van der Waals surface area contributed by atoms with Crippen molar-refractivity contribution in [3.63, 3.8) is 0 Å². The van der Waals surface area contributed by atoms with E-state index in [1.807, 2.05) is 30.3 Å². The molecule has 1 atom stereocenters. The van der Waals surface area contributed by atoms with Crippen molar-refractivity contribution in [3.8, 4) is 0 Å². The highest BCUT2D eigenvalue weighted by molar-refractivity contribution is 7.18. The predicted molar refractivity (Wildman–Crippen MR) is 109 cm³/mol. The van der Waals surface area contributed by atoms with Crippen LogP contribution in [0.25, 0.3) is 21.0 Å². The van der Waals surface area contributed by atoms with Gasteiger partial charge in [-0.15, -0.1) is 11.3 Å². The van der Waals surface area contributed by atoms with Gasteiger partial charge in [0, 0.05) is 11.9 Å². The van der Waals surface area contributed by atoms with Crippen molar-refractivity contribution in [1.29, 1.82) is 0 Å². The molecule has 1 aliphatic rings. The highest BCUT2D eigenvalue weighted by Gasteiger charge is 2.27. The summed E-state index contributed by atoms with van der Waals surface area (Å²) in [6, 6.07) is 16.2. The van der Waals surface area contributed by atoms with Crippen LogP contribution in [0.1, 0.15) is 30.3 Å². The Hall–Kier alpha value is -2.57. The van der Waals surface area contributed by atoms with Gasteiger partial charge in [0.1, 0.15) is 5.01 Å². The minimum absolute atomic E-state index is 0.0262. The number of thiazole rings is 1. The fraction of sp³-hybridized carbons (Fsp3) is 0.286. The molecule has 2 aromatic carbocycles. The van der Waals surface area contributed by atoms with Crippen LogP contribution in [0.3, 0.4) is 0 Å². The third kappa shape index (κ3) is 3.05. The summed E-state index contributed by atoms with van der Waals surface area (Å²) < 4.78 is 2.81. The third-order valence-corrected chi connectivity index (χ3v) is 6.42. The molecule has 5 rings (SSSR count). The van der Waals surface area contributed by atoms with Gasteiger partial charge in [0.2, 0.25) is 0 Å². The highest BCUT2D eigenvalue weighted by atomic mass is 32.1. The van der Waals surface area contributed by atoms with E-state index in [0.717, 1.165) is 40.7 Å². The maximum atomic E-state index is 12.8. The standard InChI is InChI=1S/C21H20N4OS/c26-21-16-8-2-1-7-15(16)13-22-25(21)14-24-12-6-5-10-18(24)20-23-17-9-3-4-11-19(17)27-20/h1-4,7-9,11,13,18H,5-6,10,12,14H2/t18-/m0/s1. The molecule has 2 aromatic heterocycles. The Morgan fingerprint density at radius 2 is 1.93 bits per heavy atom. The zero-order chi connectivity index (χ0) is 18.2. The summed E-state index contributed by atoms with van der Waals surface area (Å²) in [5.74, 6) is 0. The van der Waals surface area contributed by atoms with E-state index in [9.17, 15) is 4.79 Å². The first kappa shape index (κ1) is 16.6. The van der Waals surface area contributed by atoms with Gasteiger partial charge in [-0.05, 0) is 31.0 Å². The maximum absolute atomic E-state index is 12.8. The Kier molecular flexibility index (Phi) is 4.22. The monoisotopic (exact) mass is 376 g/mol. The Morgan fingerprint density at radius 3 is 2.85 bits per heavy atom. The molecule has 1 fully saturated rings. The van der Waals surface area contributed by atoms with Crippen LogP contribution in [-0.2, 0) is 6.67 Å². The molecule has 0 unspecified atom stereocenters. The number of aromatic nitrogens is 3. The van der Waals surface area contributed by atoms with Gasteiger partial charge in [-0.25, -0.2) is 9.67 Å². The van der Waals surface area contributed by atoms with Gasteiger partial charge >= 0.3 is 0 Å². The molecule has 3 heterocycles. The predicted octanol–water partition coefficient (Wildman–Crippen LogP) is 4.19. The van der Waals surface area contributed by atoms with Crippen LogP contribution in [-0.4, -0.2) is 26.2 Å². The lowest BCUT2D eigenvalue weighted by molar-refractivity contribution is 0.102. The number of piperidine rings is 1. The number of nitrogens with zero attached hydrogens (tertiary/aromatic N) is 4. The van der Waals surface area contributed by atoms with Gasteiger partial charge in [-0.1, -0.05) is 36.8 Å². The zero-order valence-electron chi connectivity index (χ0n) is 14.9. The van der Waals surface area contributed by atoms with Crippen molar-refractivity contribution in [2.75, 3.05) is 6.54 Å². The molecule has 0 N–H and O–H groups in total. The SMILES string of the molecule is O=c1c2ccccc2cnn1CN1CCCC[C@H]1c1nc2ccccc2s1. The first-order chi connectivity index (χ1) is 13.3. The molecule has 136 valence electrons. The number of hydrogen-bond acceptors (Lipinski definition) is 5. The lowest BCUT2D eigenvalue weighted by Crippen LogP contribution is -2.39. The second kappa shape index (κ2) is 6.87. The molecule has 0 amide bonds. The van der Waals surface area contributed by atoms with Gasteiger partial charge in [0.15, 0.2) is 0 Å². The van der Waals surface area contributed by atoms with Gasteiger partial charge < -0.3 is 0 Å². The number of hydrogen-bond donors (Lipinski definition) is 0. The summed E-state index contributed by atoms with van der Waals surface area (Å²) in [6.07, 6.45) is 5.19. The first-order valence-electron chi connectivity index (χ1n) is 9.34. The van der Waals surface area contributed by atoms with Crippen molar-refractivity contribution < 1.29 is 0 Å². The van der Waals surface area contributed by atoms with E-state index in [0.29, 0.717) is 6.67 Å². The molecule has 0 radical (unpaired) electrons. The maximum Gasteiger partial charge on any atom is 0.275 e. The fourth-order valence-corrected chi connectivity index (χ4v) is 5.01. The number of likely N-dealkylation sites (tertiary alicyclic amines) is 1.